The van der Waals surface area contributed by atoms with Crippen LogP contribution >= 0.6 is 0 Å². The molecule has 2 unspecified atom stereocenters. The predicted octanol–water partition coefficient (Wildman–Crippen LogP) is 4.24. The van der Waals surface area contributed by atoms with Gasteiger partial charge in [0.05, 0.1) is 20.1 Å². The Hall–Kier alpha value is -2.24. The van der Waals surface area contributed by atoms with E-state index in [2.05, 4.69) is 18.1 Å². The molecule has 0 spiro atoms. The first-order chi connectivity index (χ1) is 15.5. The first-order valence-electron chi connectivity index (χ1n) is 12.2. The molecule has 1 N–H and O–H groups in total. The van der Waals surface area contributed by atoms with E-state index in [9.17, 15) is 9.90 Å². The van der Waals surface area contributed by atoms with Crippen molar-refractivity contribution in [3.63, 3.8) is 0 Å². The molecule has 1 saturated heterocycles. The average molecular weight is 438 g/mol. The number of pyridine rings is 1. The molecule has 1 aliphatic heterocycles. The molecule has 1 aliphatic carbocycles. The molecule has 2 heterocycles. The summed E-state index contributed by atoms with van der Waals surface area (Å²) in [5.74, 6) is -0.539. The number of aliphatic hydroxyl groups is 1. The lowest BCUT2D eigenvalue weighted by atomic mass is 9.73. The van der Waals surface area contributed by atoms with Crippen molar-refractivity contribution in [3.05, 3.63) is 66.0 Å². The zero-order valence-electron chi connectivity index (χ0n) is 19.3. The molecule has 1 aromatic heterocycles. The topological polar surface area (TPSA) is 59.4 Å². The van der Waals surface area contributed by atoms with Gasteiger partial charge in [0.15, 0.2) is 11.7 Å². The zero-order chi connectivity index (χ0) is 22.4. The number of carbonyl (C=O) groups is 1. The molecule has 32 heavy (non-hydrogen) atoms. The van der Waals surface area contributed by atoms with Crippen molar-refractivity contribution in [1.82, 2.24) is 4.98 Å². The highest BCUT2D eigenvalue weighted by Crippen LogP contribution is 2.41. The molecular formula is C27H37N2O3+. The lowest BCUT2D eigenvalue weighted by Gasteiger charge is -2.42. The molecule has 172 valence electrons. The molecule has 1 aromatic carbocycles. The maximum absolute atomic E-state index is 13.5. The number of aromatic nitrogens is 1. The molecule has 4 rings (SSSR count). The fourth-order valence-corrected chi connectivity index (χ4v) is 5.59. The summed E-state index contributed by atoms with van der Waals surface area (Å²) in [6.45, 7) is 2.87. The molecular weight excluding hydrogens is 400 g/mol. The van der Waals surface area contributed by atoms with Crippen LogP contribution in [-0.2, 0) is 21.6 Å². The van der Waals surface area contributed by atoms with Gasteiger partial charge in [-0.2, -0.15) is 0 Å². The Morgan fingerprint density at radius 2 is 1.88 bits per heavy atom. The summed E-state index contributed by atoms with van der Waals surface area (Å²) in [6.07, 6.45) is 11.4. The summed E-state index contributed by atoms with van der Waals surface area (Å²) in [5.41, 5.74) is 0.348. The zero-order valence-corrected chi connectivity index (χ0v) is 19.3. The Labute approximate surface area is 192 Å². The molecule has 1 saturated carbocycles. The molecule has 2 aromatic rings. The second kappa shape index (κ2) is 10.1. The van der Waals surface area contributed by atoms with Crippen molar-refractivity contribution in [1.29, 1.82) is 0 Å². The standard InChI is InChI=1S/C27H37N2O3/c1-29(19-16-22-10-8-17-28-20-22)18-9-15-25(21-29)32-26(30)27(31,23-11-4-2-5-12-23)24-13-6-3-7-14-24/h2,4-5,8,10-12,17,20,24-25,31H,3,6-7,9,13-16,18-19,21H2,1H3/q+1/t25?,27?,29-/m1/s1. The lowest BCUT2D eigenvalue weighted by molar-refractivity contribution is -0.916. The number of hydrogen-bond donors (Lipinski definition) is 1. The first-order valence-corrected chi connectivity index (χ1v) is 12.2. The van der Waals surface area contributed by atoms with Gasteiger partial charge in [-0.05, 0) is 36.5 Å². The van der Waals surface area contributed by atoms with Crippen LogP contribution in [0.4, 0.5) is 0 Å². The van der Waals surface area contributed by atoms with E-state index in [0.29, 0.717) is 5.56 Å². The minimum absolute atomic E-state index is 0.0822. The maximum Gasteiger partial charge on any atom is 0.343 e. The summed E-state index contributed by atoms with van der Waals surface area (Å²) in [4.78, 5) is 17.8. The third kappa shape index (κ3) is 5.21. The van der Waals surface area contributed by atoms with Crippen LogP contribution in [-0.4, -0.2) is 53.3 Å². The van der Waals surface area contributed by atoms with E-state index >= 15 is 0 Å². The number of piperidine rings is 1. The Morgan fingerprint density at radius 3 is 2.59 bits per heavy atom. The number of nitrogens with zero attached hydrogens (tertiary/aromatic N) is 2. The van der Waals surface area contributed by atoms with Crippen LogP contribution < -0.4 is 0 Å². The largest absolute Gasteiger partial charge is 0.454 e. The van der Waals surface area contributed by atoms with Crippen LogP contribution in [0.25, 0.3) is 0 Å². The van der Waals surface area contributed by atoms with E-state index in [1.54, 1.807) is 6.20 Å². The number of likely N-dealkylation sites (tertiary alicyclic amines) is 1. The number of hydrogen-bond acceptors (Lipinski definition) is 4. The second-order valence-corrected chi connectivity index (χ2v) is 10.00. The molecule has 0 bridgehead atoms. The number of rotatable bonds is 7. The van der Waals surface area contributed by atoms with E-state index in [1.165, 1.54) is 12.0 Å². The highest BCUT2D eigenvalue weighted by molar-refractivity contribution is 5.81. The second-order valence-electron chi connectivity index (χ2n) is 10.00. The fourth-order valence-electron chi connectivity index (χ4n) is 5.59. The number of ether oxygens (including phenoxy) is 1. The summed E-state index contributed by atoms with van der Waals surface area (Å²) in [5, 5.41) is 11.8. The number of likely N-dealkylation sites (N-methyl/N-ethyl adjacent to an activating group) is 1. The van der Waals surface area contributed by atoms with Crippen molar-refractivity contribution < 1.29 is 19.1 Å². The van der Waals surface area contributed by atoms with Crippen LogP contribution in [0.5, 0.6) is 0 Å². The quantitative estimate of drug-likeness (QED) is 0.520. The highest BCUT2D eigenvalue weighted by Gasteiger charge is 2.48. The first kappa shape index (κ1) is 22.9. The molecule has 5 nitrogen and oxygen atoms in total. The van der Waals surface area contributed by atoms with E-state index < -0.39 is 11.6 Å². The van der Waals surface area contributed by atoms with Gasteiger partial charge >= 0.3 is 5.97 Å². The van der Waals surface area contributed by atoms with Gasteiger partial charge < -0.3 is 14.3 Å². The summed E-state index contributed by atoms with van der Waals surface area (Å²) < 4.78 is 6.97. The van der Waals surface area contributed by atoms with Gasteiger partial charge in [-0.15, -0.1) is 0 Å². The van der Waals surface area contributed by atoms with Gasteiger partial charge in [-0.1, -0.05) is 55.7 Å². The van der Waals surface area contributed by atoms with Crippen molar-refractivity contribution in [3.8, 4) is 0 Å². The van der Waals surface area contributed by atoms with Gasteiger partial charge in [-0.3, -0.25) is 4.98 Å². The third-order valence-corrected chi connectivity index (χ3v) is 7.53. The predicted molar refractivity (Wildman–Crippen MR) is 125 cm³/mol. The Morgan fingerprint density at radius 1 is 1.09 bits per heavy atom. The van der Waals surface area contributed by atoms with E-state index in [-0.39, 0.29) is 12.0 Å². The highest BCUT2D eigenvalue weighted by atomic mass is 16.6. The van der Waals surface area contributed by atoms with Crippen LogP contribution in [0.1, 0.15) is 56.1 Å². The van der Waals surface area contributed by atoms with Crippen molar-refractivity contribution >= 4 is 5.97 Å². The Balaban J connectivity index is 1.45. The van der Waals surface area contributed by atoms with Crippen molar-refractivity contribution in [2.24, 2.45) is 5.92 Å². The van der Waals surface area contributed by atoms with E-state index in [0.717, 1.165) is 69.1 Å². The van der Waals surface area contributed by atoms with Gasteiger partial charge in [0.1, 0.15) is 6.54 Å². The van der Waals surface area contributed by atoms with Crippen LogP contribution in [0, 0.1) is 5.92 Å². The van der Waals surface area contributed by atoms with E-state index in [4.69, 9.17) is 4.74 Å². The molecule has 3 atom stereocenters. The lowest BCUT2D eigenvalue weighted by Crippen LogP contribution is -2.56. The smallest absolute Gasteiger partial charge is 0.343 e. The fraction of sp³-hybridized carbons (Fsp3) is 0.556. The minimum atomic E-state index is -1.56. The average Bonchev–Trinajstić information content (AvgIpc) is 2.84. The van der Waals surface area contributed by atoms with Gasteiger partial charge in [0.25, 0.3) is 0 Å². The van der Waals surface area contributed by atoms with E-state index in [1.807, 2.05) is 42.6 Å². The monoisotopic (exact) mass is 437 g/mol. The maximum atomic E-state index is 13.5. The Kier molecular flexibility index (Phi) is 7.27. The molecule has 2 aliphatic rings. The molecule has 0 amide bonds. The van der Waals surface area contributed by atoms with Crippen molar-refractivity contribution in [2.75, 3.05) is 26.7 Å². The summed E-state index contributed by atoms with van der Waals surface area (Å²) in [6, 6.07) is 13.5. The summed E-state index contributed by atoms with van der Waals surface area (Å²) in [7, 11) is 2.25. The number of esters is 1. The minimum Gasteiger partial charge on any atom is -0.454 e. The third-order valence-electron chi connectivity index (χ3n) is 7.53. The SMILES string of the molecule is C[N@+]1(CCc2cccnc2)CCCC(OC(=O)C(O)(c2ccccc2)C2CCCCC2)C1. The molecule has 5 heteroatoms. The number of quaternary nitrogens is 1. The number of carbonyl (C=O) groups excluding carboxylic acids is 1. The van der Waals surface area contributed by atoms with Gasteiger partial charge in [0.2, 0.25) is 0 Å². The van der Waals surface area contributed by atoms with Gasteiger partial charge in [0, 0.05) is 31.2 Å². The summed E-state index contributed by atoms with van der Waals surface area (Å²) >= 11 is 0. The van der Waals surface area contributed by atoms with Crippen LogP contribution in [0.15, 0.2) is 54.9 Å². The van der Waals surface area contributed by atoms with Crippen molar-refractivity contribution in [2.45, 2.75) is 63.1 Å². The Bertz CT molecular complexity index is 869. The normalized spacial score (nSPS) is 26.2. The van der Waals surface area contributed by atoms with Crippen LogP contribution in [0.2, 0.25) is 0 Å². The number of benzene rings is 1. The molecule has 2 fully saturated rings. The molecule has 0 radical (unpaired) electrons. The van der Waals surface area contributed by atoms with Gasteiger partial charge in [-0.25, -0.2) is 4.79 Å². The van der Waals surface area contributed by atoms with Crippen LogP contribution in [0.3, 0.4) is 0 Å².